The van der Waals surface area contributed by atoms with Crippen LogP contribution in [0.1, 0.15) is 6.92 Å². The van der Waals surface area contributed by atoms with Gasteiger partial charge in [0, 0.05) is 5.57 Å². The summed E-state index contributed by atoms with van der Waals surface area (Å²) >= 11 is 0. The number of rotatable bonds is 1. The zero-order valence-corrected chi connectivity index (χ0v) is 8.37. The van der Waals surface area contributed by atoms with Gasteiger partial charge in [-0.15, -0.1) is 0 Å². The van der Waals surface area contributed by atoms with Crippen molar-refractivity contribution in [3.8, 4) is 0 Å². The van der Waals surface area contributed by atoms with Gasteiger partial charge in [-0.3, -0.25) is 0 Å². The van der Waals surface area contributed by atoms with E-state index in [2.05, 4.69) is 11.3 Å². The van der Waals surface area contributed by atoms with E-state index >= 15 is 0 Å². The normalized spacial score (nSPS) is 6.50. The quantitative estimate of drug-likeness (QED) is 0.265. The first-order valence-electron chi connectivity index (χ1n) is 2.53. The zero-order chi connectivity index (χ0) is 9.44. The zero-order valence-electron chi connectivity index (χ0n) is 6.96. The van der Waals surface area contributed by atoms with Crippen LogP contribution in [0.15, 0.2) is 12.2 Å². The van der Waals surface area contributed by atoms with E-state index in [1.54, 1.807) is 6.92 Å². The summed E-state index contributed by atoms with van der Waals surface area (Å²) in [6.45, 7) is 4.95. The Balaban J connectivity index is -0.000000142. The first kappa shape index (κ1) is 17.4. The number of methoxy groups -OCH3 is 1. The fourth-order valence-corrected chi connectivity index (χ4v) is 0.174. The van der Waals surface area contributed by atoms with Crippen LogP contribution in [-0.4, -0.2) is 42.3 Å². The Kier molecular flexibility index (Phi) is 14.8. The Hall–Kier alpha value is -0.754. The molecule has 0 fully saturated rings. The maximum absolute atomic E-state index is 10.2. The molecule has 0 unspecified atom stereocenters. The second-order valence-electron chi connectivity index (χ2n) is 1.52. The molecular formula is C6H8MgO5. The van der Waals surface area contributed by atoms with E-state index < -0.39 is 6.16 Å². The molecule has 0 aliphatic heterocycles. The van der Waals surface area contributed by atoms with E-state index in [-0.39, 0.29) is 29.0 Å². The first-order valence-corrected chi connectivity index (χ1v) is 2.53. The molecule has 0 radical (unpaired) electrons. The summed E-state index contributed by atoms with van der Waals surface area (Å²) in [5, 5.41) is 16.7. The standard InChI is InChI=1S/C5H8O2.CH2O3.Mg/c1-4(2)5(6)7-3;2-1(3)4;/h1H2,2-3H3;(H2,2,3,4);/q;;+2/p-2. The largest absolute Gasteiger partial charge is 2.00 e. The van der Waals surface area contributed by atoms with Crippen molar-refractivity contribution in [1.82, 2.24) is 0 Å². The van der Waals surface area contributed by atoms with Gasteiger partial charge in [-0.05, 0) is 13.1 Å². The minimum Gasteiger partial charge on any atom is -0.652 e. The maximum Gasteiger partial charge on any atom is 2.00 e. The molecular weight excluding hydrogens is 176 g/mol. The third-order valence-electron chi connectivity index (χ3n) is 0.534. The summed E-state index contributed by atoms with van der Waals surface area (Å²) < 4.78 is 4.27. The molecule has 0 N–H and O–H groups in total. The van der Waals surface area contributed by atoms with Crippen LogP contribution in [0.5, 0.6) is 0 Å². The van der Waals surface area contributed by atoms with E-state index in [0.717, 1.165) is 0 Å². The fraction of sp³-hybridized carbons (Fsp3) is 0.333. The molecule has 12 heavy (non-hydrogen) atoms. The Morgan fingerprint density at radius 1 is 1.33 bits per heavy atom. The van der Waals surface area contributed by atoms with Crippen LogP contribution in [-0.2, 0) is 9.53 Å². The molecule has 0 saturated carbocycles. The van der Waals surface area contributed by atoms with Crippen LogP contribution < -0.4 is 10.2 Å². The van der Waals surface area contributed by atoms with Crippen molar-refractivity contribution in [3.63, 3.8) is 0 Å². The van der Waals surface area contributed by atoms with Crippen LogP contribution in [0.25, 0.3) is 0 Å². The molecule has 0 rings (SSSR count). The molecule has 6 heteroatoms. The van der Waals surface area contributed by atoms with Gasteiger partial charge in [0.1, 0.15) is 0 Å². The second-order valence-corrected chi connectivity index (χ2v) is 1.52. The third kappa shape index (κ3) is 22.8. The molecule has 5 nitrogen and oxygen atoms in total. The molecule has 0 heterocycles. The van der Waals surface area contributed by atoms with E-state index in [9.17, 15) is 4.79 Å². The van der Waals surface area contributed by atoms with Gasteiger partial charge in [-0.2, -0.15) is 0 Å². The summed E-state index contributed by atoms with van der Waals surface area (Å²) in [5.74, 6) is -0.347. The fourth-order valence-electron chi connectivity index (χ4n) is 0.174. The first-order chi connectivity index (χ1) is 4.91. The minimum atomic E-state index is -2.33. The predicted molar refractivity (Wildman–Crippen MR) is 38.0 cm³/mol. The van der Waals surface area contributed by atoms with Crippen LogP contribution in [0.4, 0.5) is 4.79 Å². The Labute approximate surface area is 86.2 Å². The van der Waals surface area contributed by atoms with E-state index in [0.29, 0.717) is 5.57 Å². The number of carbonyl (C=O) groups is 2. The number of ether oxygens (including phenoxy) is 1. The van der Waals surface area contributed by atoms with Gasteiger partial charge in [0.15, 0.2) is 0 Å². The molecule has 0 aromatic heterocycles. The van der Waals surface area contributed by atoms with Crippen molar-refractivity contribution in [1.29, 1.82) is 0 Å². The Morgan fingerprint density at radius 2 is 1.58 bits per heavy atom. The van der Waals surface area contributed by atoms with Gasteiger partial charge < -0.3 is 19.7 Å². The van der Waals surface area contributed by atoms with Crippen LogP contribution in [0.3, 0.4) is 0 Å². The molecule has 0 aliphatic carbocycles. The predicted octanol–water partition coefficient (Wildman–Crippen LogP) is -2.09. The van der Waals surface area contributed by atoms with Crippen molar-refractivity contribution in [2.75, 3.05) is 7.11 Å². The molecule has 0 atom stereocenters. The number of carbonyl (C=O) groups excluding carboxylic acids is 2. The maximum atomic E-state index is 10.2. The smallest absolute Gasteiger partial charge is 0.652 e. The van der Waals surface area contributed by atoms with Gasteiger partial charge in [-0.25, -0.2) is 4.79 Å². The van der Waals surface area contributed by atoms with E-state index in [4.69, 9.17) is 15.0 Å². The molecule has 0 saturated heterocycles. The third-order valence-corrected chi connectivity index (χ3v) is 0.534. The Bertz CT molecular complexity index is 161. The topological polar surface area (TPSA) is 89.5 Å². The molecule has 0 aromatic rings. The van der Waals surface area contributed by atoms with Crippen molar-refractivity contribution >= 4 is 35.2 Å². The average Bonchev–Trinajstić information content (AvgIpc) is 1.85. The monoisotopic (exact) mass is 184 g/mol. The Morgan fingerprint density at radius 3 is 1.58 bits per heavy atom. The van der Waals surface area contributed by atoms with Crippen LogP contribution >= 0.6 is 0 Å². The molecule has 64 valence electrons. The van der Waals surface area contributed by atoms with Crippen molar-refractivity contribution in [2.24, 2.45) is 0 Å². The number of hydrogen-bond donors (Lipinski definition) is 0. The summed E-state index contributed by atoms with van der Waals surface area (Å²) in [4.78, 5) is 18.5. The van der Waals surface area contributed by atoms with Gasteiger partial charge >= 0.3 is 29.0 Å². The van der Waals surface area contributed by atoms with Crippen LogP contribution in [0, 0.1) is 0 Å². The van der Waals surface area contributed by atoms with E-state index in [1.165, 1.54) is 7.11 Å². The summed E-state index contributed by atoms with van der Waals surface area (Å²) in [7, 11) is 1.33. The van der Waals surface area contributed by atoms with Gasteiger partial charge in [0.25, 0.3) is 0 Å². The molecule has 0 aromatic carbocycles. The number of hydrogen-bond acceptors (Lipinski definition) is 5. The van der Waals surface area contributed by atoms with Crippen molar-refractivity contribution in [3.05, 3.63) is 12.2 Å². The average molecular weight is 184 g/mol. The number of esters is 1. The van der Waals surface area contributed by atoms with E-state index in [1.807, 2.05) is 0 Å². The minimum absolute atomic E-state index is 0. The summed E-state index contributed by atoms with van der Waals surface area (Å²) in [6.07, 6.45) is -2.33. The molecule has 0 spiro atoms. The van der Waals surface area contributed by atoms with Gasteiger partial charge in [0.05, 0.1) is 7.11 Å². The van der Waals surface area contributed by atoms with Crippen molar-refractivity contribution in [2.45, 2.75) is 6.92 Å². The summed E-state index contributed by atoms with van der Waals surface area (Å²) in [6, 6.07) is 0. The van der Waals surface area contributed by atoms with Gasteiger partial charge in [0.2, 0.25) is 0 Å². The second kappa shape index (κ2) is 10.2. The number of carboxylic acid groups (broad SMARTS) is 2. The van der Waals surface area contributed by atoms with Gasteiger partial charge in [-0.1, -0.05) is 6.58 Å². The molecule has 0 amide bonds. The van der Waals surface area contributed by atoms with Crippen molar-refractivity contribution < 1.29 is 24.5 Å². The van der Waals surface area contributed by atoms with Crippen LogP contribution in [0.2, 0.25) is 0 Å². The summed E-state index contributed by atoms with van der Waals surface area (Å²) in [5.41, 5.74) is 0.433. The molecule has 0 bridgehead atoms. The SMILES string of the molecule is C=C(C)C(=O)OC.O=C([O-])[O-].[Mg+2]. The molecule has 0 aliphatic rings.